The maximum atomic E-state index is 12.2. The number of carbonyl (C=O) groups excluding carboxylic acids is 1. The molecule has 1 N–H and O–H groups in total. The molecule has 1 aromatic heterocycles. The summed E-state index contributed by atoms with van der Waals surface area (Å²) in [5.74, 6) is 1.76. The molecule has 0 bridgehead atoms. The second kappa shape index (κ2) is 8.68. The SMILES string of the molecule is COc1cccc(-c2noc(CNC(=O)C(C)Oc3ccc(Br)cc3)n2)c1. The van der Waals surface area contributed by atoms with Crippen molar-refractivity contribution in [2.24, 2.45) is 0 Å². The number of ether oxygens (including phenoxy) is 2. The van der Waals surface area contributed by atoms with E-state index in [0.717, 1.165) is 10.0 Å². The molecule has 2 aromatic carbocycles. The first-order valence-corrected chi connectivity index (χ1v) is 9.01. The molecule has 0 fully saturated rings. The first-order chi connectivity index (χ1) is 13.0. The van der Waals surface area contributed by atoms with Gasteiger partial charge in [-0.25, -0.2) is 0 Å². The standard InChI is InChI=1S/C19H18BrN3O4/c1-12(26-15-8-6-14(20)7-9-15)19(24)21-11-17-22-18(23-27-17)13-4-3-5-16(10-13)25-2/h3-10,12H,11H2,1-2H3,(H,21,24). The van der Waals surface area contributed by atoms with E-state index in [1.54, 1.807) is 32.2 Å². The molecule has 1 amide bonds. The average Bonchev–Trinajstić information content (AvgIpc) is 3.17. The summed E-state index contributed by atoms with van der Waals surface area (Å²) in [6, 6.07) is 14.6. The molecule has 0 saturated heterocycles. The maximum absolute atomic E-state index is 12.2. The van der Waals surface area contributed by atoms with Gasteiger partial charge >= 0.3 is 0 Å². The van der Waals surface area contributed by atoms with Crippen LogP contribution in [0.2, 0.25) is 0 Å². The Hall–Kier alpha value is -2.87. The molecule has 0 aliphatic heterocycles. The van der Waals surface area contributed by atoms with Crippen LogP contribution in [0.5, 0.6) is 11.5 Å². The lowest BCUT2D eigenvalue weighted by molar-refractivity contribution is -0.127. The van der Waals surface area contributed by atoms with Crippen LogP contribution in [-0.2, 0) is 11.3 Å². The van der Waals surface area contributed by atoms with Gasteiger partial charge in [0.05, 0.1) is 13.7 Å². The van der Waals surface area contributed by atoms with Crippen LogP contribution in [0.4, 0.5) is 0 Å². The molecule has 3 aromatic rings. The molecule has 0 radical (unpaired) electrons. The second-order valence-corrected chi connectivity index (χ2v) is 6.59. The van der Waals surface area contributed by atoms with Gasteiger partial charge in [0.1, 0.15) is 11.5 Å². The number of benzene rings is 2. The lowest BCUT2D eigenvalue weighted by Gasteiger charge is -2.13. The molecular formula is C19H18BrN3O4. The van der Waals surface area contributed by atoms with E-state index >= 15 is 0 Å². The molecular weight excluding hydrogens is 414 g/mol. The predicted octanol–water partition coefficient (Wildman–Crippen LogP) is 3.59. The number of methoxy groups -OCH3 is 1. The van der Waals surface area contributed by atoms with Crippen LogP contribution in [-0.4, -0.2) is 29.3 Å². The van der Waals surface area contributed by atoms with Crippen LogP contribution >= 0.6 is 15.9 Å². The first-order valence-electron chi connectivity index (χ1n) is 8.22. The number of hydrogen-bond donors (Lipinski definition) is 1. The van der Waals surface area contributed by atoms with Crippen molar-refractivity contribution in [3.05, 3.63) is 58.9 Å². The third kappa shape index (κ3) is 5.07. The highest BCUT2D eigenvalue weighted by atomic mass is 79.9. The van der Waals surface area contributed by atoms with Gasteiger partial charge in [-0.05, 0) is 43.3 Å². The highest BCUT2D eigenvalue weighted by Gasteiger charge is 2.16. The zero-order chi connectivity index (χ0) is 19.2. The topological polar surface area (TPSA) is 86.5 Å². The Kier molecular flexibility index (Phi) is 6.08. The first kappa shape index (κ1) is 18.9. The zero-order valence-electron chi connectivity index (χ0n) is 14.8. The van der Waals surface area contributed by atoms with Gasteiger partial charge in [-0.15, -0.1) is 0 Å². The van der Waals surface area contributed by atoms with Crippen LogP contribution in [0, 0.1) is 0 Å². The highest BCUT2D eigenvalue weighted by Crippen LogP contribution is 2.21. The van der Waals surface area contributed by atoms with Crippen molar-refractivity contribution in [2.45, 2.75) is 19.6 Å². The van der Waals surface area contributed by atoms with Crippen molar-refractivity contribution in [3.8, 4) is 22.9 Å². The third-order valence-electron chi connectivity index (χ3n) is 3.71. The van der Waals surface area contributed by atoms with E-state index in [1.165, 1.54) is 0 Å². The van der Waals surface area contributed by atoms with Crippen LogP contribution in [0.3, 0.4) is 0 Å². The predicted molar refractivity (Wildman–Crippen MR) is 102 cm³/mol. The number of amides is 1. The normalized spacial score (nSPS) is 11.7. The van der Waals surface area contributed by atoms with Gasteiger partial charge in [-0.1, -0.05) is 33.2 Å². The quantitative estimate of drug-likeness (QED) is 0.614. The molecule has 7 nitrogen and oxygen atoms in total. The molecule has 3 rings (SSSR count). The fourth-order valence-electron chi connectivity index (χ4n) is 2.28. The van der Waals surface area contributed by atoms with Gasteiger partial charge in [-0.2, -0.15) is 4.98 Å². The van der Waals surface area contributed by atoms with Crippen molar-refractivity contribution in [2.75, 3.05) is 7.11 Å². The Bertz CT molecular complexity index is 911. The third-order valence-corrected chi connectivity index (χ3v) is 4.23. The van der Waals surface area contributed by atoms with Gasteiger partial charge in [0, 0.05) is 10.0 Å². The minimum Gasteiger partial charge on any atom is -0.497 e. The summed E-state index contributed by atoms with van der Waals surface area (Å²) < 4.78 is 16.9. The lowest BCUT2D eigenvalue weighted by Crippen LogP contribution is -2.35. The summed E-state index contributed by atoms with van der Waals surface area (Å²) in [4.78, 5) is 16.5. The zero-order valence-corrected chi connectivity index (χ0v) is 16.4. The molecule has 1 heterocycles. The number of halogens is 1. The Morgan fingerprint density at radius 2 is 2.00 bits per heavy atom. The fraction of sp³-hybridized carbons (Fsp3) is 0.211. The van der Waals surface area contributed by atoms with Crippen LogP contribution < -0.4 is 14.8 Å². The summed E-state index contributed by atoms with van der Waals surface area (Å²) in [6.07, 6.45) is -0.660. The molecule has 1 unspecified atom stereocenters. The van der Waals surface area contributed by atoms with Crippen LogP contribution in [0.15, 0.2) is 57.5 Å². The molecule has 0 aliphatic carbocycles. The molecule has 27 heavy (non-hydrogen) atoms. The number of nitrogens with zero attached hydrogens (tertiary/aromatic N) is 2. The Balaban J connectivity index is 1.55. The van der Waals surface area contributed by atoms with E-state index in [2.05, 4.69) is 31.4 Å². The van der Waals surface area contributed by atoms with Crippen molar-refractivity contribution < 1.29 is 18.8 Å². The number of nitrogens with one attached hydrogen (secondary N) is 1. The number of hydrogen-bond acceptors (Lipinski definition) is 6. The van der Waals surface area contributed by atoms with E-state index in [4.69, 9.17) is 14.0 Å². The van der Waals surface area contributed by atoms with E-state index in [1.807, 2.05) is 30.3 Å². The van der Waals surface area contributed by atoms with Gasteiger partial charge in [0.2, 0.25) is 11.7 Å². The van der Waals surface area contributed by atoms with Crippen molar-refractivity contribution in [3.63, 3.8) is 0 Å². The molecule has 0 saturated carbocycles. The monoisotopic (exact) mass is 431 g/mol. The van der Waals surface area contributed by atoms with Gasteiger partial charge < -0.3 is 19.3 Å². The minimum absolute atomic E-state index is 0.115. The number of carbonyl (C=O) groups is 1. The molecule has 8 heteroatoms. The van der Waals surface area contributed by atoms with E-state index in [-0.39, 0.29) is 12.5 Å². The summed E-state index contributed by atoms with van der Waals surface area (Å²) in [6.45, 7) is 1.79. The average molecular weight is 432 g/mol. The molecule has 140 valence electrons. The largest absolute Gasteiger partial charge is 0.497 e. The lowest BCUT2D eigenvalue weighted by atomic mass is 10.2. The highest BCUT2D eigenvalue weighted by molar-refractivity contribution is 9.10. The summed E-state index contributed by atoms with van der Waals surface area (Å²) in [7, 11) is 1.59. The Morgan fingerprint density at radius 1 is 1.22 bits per heavy atom. The number of aromatic nitrogens is 2. The van der Waals surface area contributed by atoms with E-state index in [0.29, 0.717) is 23.2 Å². The summed E-state index contributed by atoms with van der Waals surface area (Å²) in [5, 5.41) is 6.66. The van der Waals surface area contributed by atoms with Gasteiger partial charge in [0.25, 0.3) is 5.91 Å². The minimum atomic E-state index is -0.660. The Morgan fingerprint density at radius 3 is 2.74 bits per heavy atom. The van der Waals surface area contributed by atoms with Crippen molar-refractivity contribution in [1.29, 1.82) is 0 Å². The van der Waals surface area contributed by atoms with E-state index in [9.17, 15) is 4.79 Å². The maximum Gasteiger partial charge on any atom is 0.261 e. The summed E-state index contributed by atoms with van der Waals surface area (Å²) in [5.41, 5.74) is 0.766. The fourth-order valence-corrected chi connectivity index (χ4v) is 2.55. The molecule has 0 spiro atoms. The smallest absolute Gasteiger partial charge is 0.261 e. The Labute approximate surface area is 164 Å². The van der Waals surface area contributed by atoms with Gasteiger partial charge in [-0.3, -0.25) is 4.79 Å². The van der Waals surface area contributed by atoms with Gasteiger partial charge in [0.15, 0.2) is 6.10 Å². The summed E-state index contributed by atoms with van der Waals surface area (Å²) >= 11 is 3.35. The molecule has 1 atom stereocenters. The van der Waals surface area contributed by atoms with E-state index < -0.39 is 6.10 Å². The molecule has 0 aliphatic rings. The van der Waals surface area contributed by atoms with Crippen LogP contribution in [0.1, 0.15) is 12.8 Å². The van der Waals surface area contributed by atoms with Crippen molar-refractivity contribution in [1.82, 2.24) is 15.5 Å². The second-order valence-electron chi connectivity index (χ2n) is 5.68. The number of rotatable bonds is 7. The van der Waals surface area contributed by atoms with Crippen molar-refractivity contribution >= 4 is 21.8 Å². The van der Waals surface area contributed by atoms with Crippen LogP contribution in [0.25, 0.3) is 11.4 Å².